The number of nitrogens with zero attached hydrogens (tertiary/aromatic N) is 1. The lowest BCUT2D eigenvalue weighted by Crippen LogP contribution is -2.44. The van der Waals surface area contributed by atoms with Gasteiger partial charge in [0.15, 0.2) is 0 Å². The van der Waals surface area contributed by atoms with Crippen LogP contribution in [0.5, 0.6) is 0 Å². The average Bonchev–Trinajstić information content (AvgIpc) is 2.53. The molecule has 0 aromatic carbocycles. The maximum absolute atomic E-state index is 11.7. The molecule has 120 valence electrons. The lowest BCUT2D eigenvalue weighted by atomic mass is 10.0. The molecule has 0 aromatic heterocycles. The topological polar surface area (TPSA) is 52.6 Å². The van der Waals surface area contributed by atoms with E-state index in [1.807, 2.05) is 4.90 Å². The van der Waals surface area contributed by atoms with Crippen LogP contribution in [0.2, 0.25) is 0 Å². The van der Waals surface area contributed by atoms with Gasteiger partial charge in [0.25, 0.3) is 0 Å². The number of hydrogen-bond donors (Lipinski definition) is 2. The molecule has 0 saturated carbocycles. The minimum Gasteiger partial charge on any atom is -0.477 e. The lowest BCUT2D eigenvalue weighted by Gasteiger charge is -2.38. The van der Waals surface area contributed by atoms with E-state index in [0.29, 0.717) is 5.70 Å². The maximum Gasteiger partial charge on any atom is 0.352 e. The van der Waals surface area contributed by atoms with Crippen LogP contribution in [-0.4, -0.2) is 37.4 Å². The van der Waals surface area contributed by atoms with Crippen molar-refractivity contribution in [2.24, 2.45) is 0 Å². The summed E-state index contributed by atoms with van der Waals surface area (Å²) in [6.45, 7) is 2.83. The second-order valence-electron chi connectivity index (χ2n) is 5.03. The number of alkyl halides is 2. The quantitative estimate of drug-likeness (QED) is 0.376. The van der Waals surface area contributed by atoms with Gasteiger partial charge in [-0.25, -0.2) is 4.79 Å². The number of nitrogens with one attached hydrogen (secondary N) is 1. The van der Waals surface area contributed by atoms with Gasteiger partial charge in [0.1, 0.15) is 11.5 Å². The van der Waals surface area contributed by atoms with Crippen LogP contribution in [0.3, 0.4) is 0 Å². The van der Waals surface area contributed by atoms with Crippen LogP contribution in [-0.2, 0) is 4.79 Å². The molecule has 0 spiro atoms. The Labute approximate surface area is 166 Å². The molecule has 2 aliphatic rings. The Bertz CT molecular complexity index is 596. The van der Waals surface area contributed by atoms with Crippen molar-refractivity contribution in [3.63, 3.8) is 0 Å². The van der Waals surface area contributed by atoms with E-state index in [9.17, 15) is 9.90 Å². The Morgan fingerprint density at radius 2 is 2.18 bits per heavy atom. The molecule has 0 saturated heterocycles. The van der Waals surface area contributed by atoms with E-state index in [1.54, 1.807) is 6.08 Å². The van der Waals surface area contributed by atoms with Crippen LogP contribution in [0.15, 0.2) is 45.4 Å². The van der Waals surface area contributed by atoms with Gasteiger partial charge in [-0.1, -0.05) is 74.1 Å². The number of carbonyl (C=O) groups is 1. The molecule has 2 heterocycles. The lowest BCUT2D eigenvalue weighted by molar-refractivity contribution is -0.134. The number of halogens is 3. The first kappa shape index (κ1) is 18.3. The van der Waals surface area contributed by atoms with Crippen LogP contribution in [0.25, 0.3) is 0 Å². The summed E-state index contributed by atoms with van der Waals surface area (Å²) in [4.78, 5) is 13.6. The summed E-state index contributed by atoms with van der Waals surface area (Å²) < 4.78 is 2.64. The van der Waals surface area contributed by atoms with E-state index in [1.165, 1.54) is 5.57 Å². The van der Waals surface area contributed by atoms with E-state index in [4.69, 9.17) is 0 Å². The molecule has 2 aliphatic heterocycles. The van der Waals surface area contributed by atoms with Crippen LogP contribution in [0.4, 0.5) is 0 Å². The predicted molar refractivity (Wildman–Crippen MR) is 110 cm³/mol. The summed E-state index contributed by atoms with van der Waals surface area (Å²) in [6, 6.07) is 0.0282. The van der Waals surface area contributed by atoms with Gasteiger partial charge in [0.2, 0.25) is 0 Å². The summed E-state index contributed by atoms with van der Waals surface area (Å²) in [5.41, 5.74) is 2.78. The van der Waals surface area contributed by atoms with E-state index >= 15 is 0 Å². The molecule has 2 N–H and O–H groups in total. The van der Waals surface area contributed by atoms with Crippen molar-refractivity contribution in [3.8, 4) is 0 Å². The van der Waals surface area contributed by atoms with Crippen LogP contribution < -0.4 is 5.32 Å². The number of carboxylic acid groups (broad SMARTS) is 1. The molecule has 1 unspecified atom stereocenters. The van der Waals surface area contributed by atoms with Crippen molar-refractivity contribution >= 4 is 67.1 Å². The highest BCUT2D eigenvalue weighted by atomic mass is 127. The molecule has 22 heavy (non-hydrogen) atoms. The first-order valence-electron chi connectivity index (χ1n) is 6.91. The highest BCUT2D eigenvalue weighted by Crippen LogP contribution is 2.31. The summed E-state index contributed by atoms with van der Waals surface area (Å²) in [7, 11) is 0. The van der Waals surface area contributed by atoms with E-state index in [-0.39, 0.29) is 6.04 Å². The monoisotopic (exact) mass is 590 g/mol. The van der Waals surface area contributed by atoms with Gasteiger partial charge in [-0.2, -0.15) is 0 Å². The zero-order chi connectivity index (χ0) is 16.3. The van der Waals surface area contributed by atoms with Gasteiger partial charge in [-0.05, 0) is 24.1 Å². The first-order valence-corrected chi connectivity index (χ1v) is 10.8. The van der Waals surface area contributed by atoms with Crippen LogP contribution in [0.1, 0.15) is 13.3 Å². The fourth-order valence-electron chi connectivity index (χ4n) is 2.54. The Morgan fingerprint density at radius 1 is 1.45 bits per heavy atom. The molecule has 2 rings (SSSR count). The number of hydrogen-bond acceptors (Lipinski definition) is 3. The van der Waals surface area contributed by atoms with Gasteiger partial charge < -0.3 is 15.3 Å². The summed E-state index contributed by atoms with van der Waals surface area (Å²) in [5, 5.41) is 13.0. The van der Waals surface area contributed by atoms with Crippen molar-refractivity contribution in [1.29, 1.82) is 0 Å². The molecular formula is C15H17BrI2N2O2. The maximum atomic E-state index is 11.7. The molecule has 7 heteroatoms. The van der Waals surface area contributed by atoms with E-state index < -0.39 is 5.97 Å². The molecule has 0 amide bonds. The minimum atomic E-state index is -0.908. The highest BCUT2D eigenvalue weighted by Gasteiger charge is 2.31. The van der Waals surface area contributed by atoms with Crippen molar-refractivity contribution in [2.45, 2.75) is 19.4 Å². The van der Waals surface area contributed by atoms with E-state index in [0.717, 1.165) is 37.7 Å². The molecule has 1 atom stereocenters. The van der Waals surface area contributed by atoms with Crippen molar-refractivity contribution in [2.75, 3.05) is 15.4 Å². The normalized spacial score (nSPS) is 21.9. The fraction of sp³-hybridized carbons (Fsp3) is 0.400. The van der Waals surface area contributed by atoms with Gasteiger partial charge >= 0.3 is 5.97 Å². The smallest absolute Gasteiger partial charge is 0.352 e. The Hall–Kier alpha value is -0.0300. The number of aliphatic carboxylic acids is 1. The van der Waals surface area contributed by atoms with Gasteiger partial charge in [-0.15, -0.1) is 0 Å². The predicted octanol–water partition coefficient (Wildman–Crippen LogP) is 3.94. The highest BCUT2D eigenvalue weighted by molar-refractivity contribution is 14.1. The molecule has 0 aromatic rings. The van der Waals surface area contributed by atoms with Crippen LogP contribution in [0, 0.1) is 0 Å². The zero-order valence-electron chi connectivity index (χ0n) is 12.1. The molecule has 0 bridgehead atoms. The standard InChI is InChI=1S/C15H17BrI2N2O2/c1-2-12-4-11(16)5-13(15(21)22)20(12)14-10(7-18)3-9(6-17)8-19-14/h3-5,12,19H,2,6-8H2,1H3,(H,21,22). The Morgan fingerprint density at radius 3 is 2.73 bits per heavy atom. The third-order valence-corrected chi connectivity index (χ3v) is 5.87. The average molecular weight is 591 g/mol. The van der Waals surface area contributed by atoms with Crippen molar-refractivity contribution in [3.05, 3.63) is 45.4 Å². The second-order valence-corrected chi connectivity index (χ2v) is 7.47. The minimum absolute atomic E-state index is 0.0282. The van der Waals surface area contributed by atoms with Crippen LogP contribution >= 0.6 is 61.1 Å². The molecule has 0 aliphatic carbocycles. The molecule has 0 fully saturated rings. The fourth-order valence-corrected chi connectivity index (χ4v) is 4.13. The third kappa shape index (κ3) is 3.89. The summed E-state index contributed by atoms with van der Waals surface area (Å²) >= 11 is 8.11. The Balaban J connectivity index is 2.51. The number of dihydropyridines is 1. The van der Waals surface area contributed by atoms with Crippen molar-refractivity contribution in [1.82, 2.24) is 10.2 Å². The largest absolute Gasteiger partial charge is 0.477 e. The number of carboxylic acids is 1. The zero-order valence-corrected chi connectivity index (χ0v) is 18.0. The third-order valence-electron chi connectivity index (χ3n) is 3.58. The van der Waals surface area contributed by atoms with Gasteiger partial charge in [0.05, 0.1) is 6.04 Å². The Kier molecular flexibility index (Phi) is 6.81. The number of rotatable bonds is 5. The van der Waals surface area contributed by atoms with Gasteiger partial charge in [0, 0.05) is 25.5 Å². The molecule has 0 radical (unpaired) electrons. The van der Waals surface area contributed by atoms with Gasteiger partial charge in [-0.3, -0.25) is 0 Å². The molecular weight excluding hydrogens is 574 g/mol. The summed E-state index contributed by atoms with van der Waals surface area (Å²) in [6.07, 6.45) is 6.77. The van der Waals surface area contributed by atoms with Crippen molar-refractivity contribution < 1.29 is 9.90 Å². The SMILES string of the molecule is CCC1C=C(Br)C=C(C(=O)O)N1C1=C(CI)C=C(CI)CN1. The first-order chi connectivity index (χ1) is 10.5. The second kappa shape index (κ2) is 8.18. The van der Waals surface area contributed by atoms with E-state index in [2.05, 4.69) is 85.5 Å². The molecule has 4 nitrogen and oxygen atoms in total. The number of allylic oxidation sites excluding steroid dienone is 4. The summed E-state index contributed by atoms with van der Waals surface area (Å²) in [5.74, 6) is 0.00836.